The number of hydrogen-bond acceptors (Lipinski definition) is 4. The third-order valence-electron chi connectivity index (χ3n) is 6.37. The van der Waals surface area contributed by atoms with Gasteiger partial charge in [-0.2, -0.15) is 0 Å². The zero-order chi connectivity index (χ0) is 19.9. The highest BCUT2D eigenvalue weighted by molar-refractivity contribution is 7.89. The molecule has 2 aliphatic heterocycles. The van der Waals surface area contributed by atoms with Crippen molar-refractivity contribution in [2.24, 2.45) is 5.92 Å². The number of fused-ring (bicyclic) bond motifs is 1. The molecule has 154 valence electrons. The van der Waals surface area contributed by atoms with Crippen molar-refractivity contribution in [2.45, 2.75) is 69.4 Å². The first-order valence-electron chi connectivity index (χ1n) is 10.6. The van der Waals surface area contributed by atoms with Gasteiger partial charge in [-0.05, 0) is 76.3 Å². The number of sulfonamides is 1. The number of amides is 1. The molecule has 2 unspecified atom stereocenters. The summed E-state index contributed by atoms with van der Waals surface area (Å²) in [6, 6.07) is 5.80. The standard InChI is InChI=1S/C21H31N3O3S/c1-15-5-3-4-11-23(15)12-10-22-28(26,27)19-8-9-20-18(14-19)13-16(2)24(20)21(25)17-6-7-17/h8-9,14-17,22H,3-7,10-13H2,1-2H3. The van der Waals surface area contributed by atoms with Gasteiger partial charge in [-0.1, -0.05) is 6.42 Å². The lowest BCUT2D eigenvalue weighted by Crippen LogP contribution is -2.42. The number of benzene rings is 1. The van der Waals surface area contributed by atoms with Crippen molar-refractivity contribution >= 4 is 21.6 Å². The molecule has 1 saturated heterocycles. The van der Waals surface area contributed by atoms with E-state index in [2.05, 4.69) is 16.5 Å². The van der Waals surface area contributed by atoms with Gasteiger partial charge in [0, 0.05) is 36.8 Å². The minimum Gasteiger partial charge on any atom is -0.309 e. The highest BCUT2D eigenvalue weighted by Crippen LogP contribution is 2.39. The van der Waals surface area contributed by atoms with Crippen molar-refractivity contribution in [3.63, 3.8) is 0 Å². The van der Waals surface area contributed by atoms with Gasteiger partial charge in [0.1, 0.15) is 0 Å². The Hall–Kier alpha value is -1.44. The van der Waals surface area contributed by atoms with Crippen molar-refractivity contribution in [3.05, 3.63) is 23.8 Å². The van der Waals surface area contributed by atoms with Crippen LogP contribution in [0, 0.1) is 5.92 Å². The zero-order valence-electron chi connectivity index (χ0n) is 16.9. The molecule has 1 saturated carbocycles. The van der Waals surface area contributed by atoms with Crippen molar-refractivity contribution in [3.8, 4) is 0 Å². The Bertz CT molecular complexity index is 850. The predicted octanol–water partition coefficient (Wildman–Crippen LogP) is 2.53. The van der Waals surface area contributed by atoms with Crippen LogP contribution in [0.2, 0.25) is 0 Å². The third-order valence-corrected chi connectivity index (χ3v) is 7.83. The lowest BCUT2D eigenvalue weighted by Gasteiger charge is -2.33. The largest absolute Gasteiger partial charge is 0.309 e. The Morgan fingerprint density at radius 3 is 2.64 bits per heavy atom. The van der Waals surface area contributed by atoms with Gasteiger partial charge < -0.3 is 4.90 Å². The summed E-state index contributed by atoms with van der Waals surface area (Å²) in [6.07, 6.45) is 6.30. The average molecular weight is 406 g/mol. The molecular weight excluding hydrogens is 374 g/mol. The number of nitrogens with zero attached hydrogens (tertiary/aromatic N) is 2. The molecule has 1 N–H and O–H groups in total. The van der Waals surface area contributed by atoms with Crippen molar-refractivity contribution in [2.75, 3.05) is 24.5 Å². The molecule has 3 aliphatic rings. The summed E-state index contributed by atoms with van der Waals surface area (Å²) in [5.41, 5.74) is 1.83. The summed E-state index contributed by atoms with van der Waals surface area (Å²) < 4.78 is 28.3. The lowest BCUT2D eigenvalue weighted by molar-refractivity contribution is -0.120. The third kappa shape index (κ3) is 3.98. The number of nitrogens with one attached hydrogen (secondary N) is 1. The quantitative estimate of drug-likeness (QED) is 0.790. The minimum atomic E-state index is -3.54. The van der Waals surface area contributed by atoms with Crippen LogP contribution in [-0.2, 0) is 21.2 Å². The van der Waals surface area contributed by atoms with Gasteiger partial charge in [-0.15, -0.1) is 0 Å². The molecular formula is C21H31N3O3S. The first-order valence-corrected chi connectivity index (χ1v) is 12.0. The van der Waals surface area contributed by atoms with Crippen LogP contribution in [0.1, 0.15) is 51.5 Å². The fraction of sp³-hybridized carbons (Fsp3) is 0.667. The molecule has 4 rings (SSSR count). The van der Waals surface area contributed by atoms with E-state index in [1.54, 1.807) is 18.2 Å². The second kappa shape index (κ2) is 7.76. The molecule has 1 amide bonds. The maximum absolute atomic E-state index is 12.8. The Kier molecular flexibility index (Phi) is 5.51. The van der Waals surface area contributed by atoms with Crippen molar-refractivity contribution < 1.29 is 13.2 Å². The predicted molar refractivity (Wildman–Crippen MR) is 110 cm³/mol. The summed E-state index contributed by atoms with van der Waals surface area (Å²) in [6.45, 7) is 6.46. The maximum Gasteiger partial charge on any atom is 0.240 e. The molecule has 2 heterocycles. The van der Waals surface area contributed by atoms with Gasteiger partial charge in [0.25, 0.3) is 0 Å². The Morgan fingerprint density at radius 1 is 1.14 bits per heavy atom. The number of carbonyl (C=O) groups is 1. The van der Waals surface area contributed by atoms with Crippen molar-refractivity contribution in [1.82, 2.24) is 9.62 Å². The van der Waals surface area contributed by atoms with Crippen LogP contribution in [0.5, 0.6) is 0 Å². The molecule has 0 spiro atoms. The maximum atomic E-state index is 12.8. The van der Waals surface area contributed by atoms with Crippen LogP contribution >= 0.6 is 0 Å². The number of rotatable bonds is 6. The van der Waals surface area contributed by atoms with Crippen LogP contribution in [0.4, 0.5) is 5.69 Å². The second-order valence-corrected chi connectivity index (χ2v) is 10.4. The van der Waals surface area contributed by atoms with Gasteiger partial charge in [-0.3, -0.25) is 9.69 Å². The summed E-state index contributed by atoms with van der Waals surface area (Å²) >= 11 is 0. The average Bonchev–Trinajstić information content (AvgIpc) is 3.45. The van der Waals surface area contributed by atoms with E-state index in [0.29, 0.717) is 23.9 Å². The monoisotopic (exact) mass is 405 g/mol. The number of carbonyl (C=O) groups excluding carboxylic acids is 1. The SMILES string of the molecule is CC1CCCCN1CCNS(=O)(=O)c1ccc2c(c1)CC(C)N2C(=O)C1CC1. The molecule has 1 aromatic carbocycles. The summed E-state index contributed by atoms with van der Waals surface area (Å²) in [5.74, 6) is 0.353. The summed E-state index contributed by atoms with van der Waals surface area (Å²) in [4.78, 5) is 17.1. The second-order valence-electron chi connectivity index (χ2n) is 8.60. The Morgan fingerprint density at radius 2 is 1.93 bits per heavy atom. The summed E-state index contributed by atoms with van der Waals surface area (Å²) in [7, 11) is -3.54. The molecule has 0 aromatic heterocycles. The Balaban J connectivity index is 1.42. The minimum absolute atomic E-state index is 0.0922. The van der Waals surface area contributed by atoms with Gasteiger partial charge in [-0.25, -0.2) is 13.1 Å². The first kappa shape index (κ1) is 19.9. The molecule has 6 nitrogen and oxygen atoms in total. The van der Waals surface area contributed by atoms with Gasteiger partial charge in [0.05, 0.1) is 4.90 Å². The fourth-order valence-electron chi connectivity index (χ4n) is 4.53. The molecule has 1 aliphatic carbocycles. The van der Waals surface area contributed by atoms with Crippen LogP contribution in [0.25, 0.3) is 0 Å². The lowest BCUT2D eigenvalue weighted by atomic mass is 10.0. The van der Waals surface area contributed by atoms with E-state index in [9.17, 15) is 13.2 Å². The topological polar surface area (TPSA) is 69.7 Å². The van der Waals surface area contributed by atoms with E-state index >= 15 is 0 Å². The number of anilines is 1. The first-order chi connectivity index (χ1) is 13.4. The van der Waals surface area contributed by atoms with Gasteiger partial charge >= 0.3 is 0 Å². The number of piperidine rings is 1. The Labute approximate surface area is 168 Å². The molecule has 2 fully saturated rings. The van der Waals surface area contributed by atoms with Crippen molar-refractivity contribution in [1.29, 1.82) is 0 Å². The van der Waals surface area contributed by atoms with Gasteiger partial charge in [0.2, 0.25) is 15.9 Å². The normalized spacial score (nSPS) is 25.7. The van der Waals surface area contributed by atoms with Crippen LogP contribution in [-0.4, -0.2) is 50.9 Å². The summed E-state index contributed by atoms with van der Waals surface area (Å²) in [5, 5.41) is 0. The molecule has 7 heteroatoms. The van der Waals surface area contributed by atoms with Crippen LogP contribution in [0.3, 0.4) is 0 Å². The number of hydrogen-bond donors (Lipinski definition) is 1. The van der Waals surface area contributed by atoms with Crippen LogP contribution in [0.15, 0.2) is 23.1 Å². The smallest absolute Gasteiger partial charge is 0.240 e. The van der Waals surface area contributed by atoms with E-state index < -0.39 is 10.0 Å². The highest BCUT2D eigenvalue weighted by Gasteiger charge is 2.39. The van der Waals surface area contributed by atoms with E-state index in [1.165, 1.54) is 19.3 Å². The zero-order valence-corrected chi connectivity index (χ0v) is 17.7. The molecule has 28 heavy (non-hydrogen) atoms. The number of likely N-dealkylation sites (tertiary alicyclic amines) is 1. The molecule has 0 bridgehead atoms. The van der Waals surface area contributed by atoms with E-state index in [-0.39, 0.29) is 17.9 Å². The molecule has 2 atom stereocenters. The van der Waals surface area contributed by atoms with E-state index in [1.807, 2.05) is 11.8 Å². The van der Waals surface area contributed by atoms with E-state index in [0.717, 1.165) is 37.2 Å². The van der Waals surface area contributed by atoms with Gasteiger partial charge in [0.15, 0.2) is 0 Å². The molecule has 0 radical (unpaired) electrons. The highest BCUT2D eigenvalue weighted by atomic mass is 32.2. The molecule has 1 aromatic rings. The fourth-order valence-corrected chi connectivity index (χ4v) is 5.61. The van der Waals surface area contributed by atoms with E-state index in [4.69, 9.17) is 0 Å². The van der Waals surface area contributed by atoms with Crippen LogP contribution < -0.4 is 9.62 Å².